The Labute approximate surface area is 111 Å². The van der Waals surface area contributed by atoms with Gasteiger partial charge in [0.25, 0.3) is 11.8 Å². The highest BCUT2D eigenvalue weighted by Gasteiger charge is 2.39. The van der Waals surface area contributed by atoms with Crippen LogP contribution in [0.3, 0.4) is 0 Å². The molecular formula is C12H8N2O6. The number of phenols is 2. The van der Waals surface area contributed by atoms with E-state index in [1.54, 1.807) is 0 Å². The number of phenolic OH excluding ortho intramolecular Hbond substituents is 2. The van der Waals surface area contributed by atoms with Gasteiger partial charge in [0.05, 0.1) is 11.1 Å². The maximum absolute atomic E-state index is 11.7. The molecule has 20 heavy (non-hydrogen) atoms. The number of anilines is 1. The summed E-state index contributed by atoms with van der Waals surface area (Å²) < 4.78 is 0. The summed E-state index contributed by atoms with van der Waals surface area (Å²) in [4.78, 5) is 46.9. The zero-order valence-corrected chi connectivity index (χ0v) is 9.97. The molecule has 2 aliphatic rings. The summed E-state index contributed by atoms with van der Waals surface area (Å²) in [5, 5.41) is 21.9. The summed E-state index contributed by atoms with van der Waals surface area (Å²) in [5.41, 5.74) is -1.01. The molecule has 8 heteroatoms. The highest BCUT2D eigenvalue weighted by Crippen LogP contribution is 2.44. The fraction of sp³-hybridized carbons (Fsp3) is 0.167. The average Bonchev–Trinajstić information content (AvgIpc) is 2.83. The number of hydrogen-bond donors (Lipinski definition) is 3. The number of nitrogens with zero attached hydrogens (tertiary/aromatic N) is 1. The molecule has 1 aromatic rings. The van der Waals surface area contributed by atoms with Gasteiger partial charge in [0.15, 0.2) is 5.75 Å². The van der Waals surface area contributed by atoms with Crippen LogP contribution in [0.25, 0.3) is 0 Å². The van der Waals surface area contributed by atoms with E-state index in [0.29, 0.717) is 4.90 Å². The molecule has 3 N–H and O–H groups in total. The predicted octanol–water partition coefficient (Wildman–Crippen LogP) is -0.365. The molecule has 4 amide bonds. The number of benzene rings is 1. The van der Waals surface area contributed by atoms with Crippen LogP contribution in [0.4, 0.5) is 5.69 Å². The first-order valence-electron chi connectivity index (χ1n) is 5.72. The van der Waals surface area contributed by atoms with Gasteiger partial charge in [-0.25, -0.2) is 4.90 Å². The third kappa shape index (κ3) is 1.41. The van der Waals surface area contributed by atoms with Crippen molar-refractivity contribution in [3.05, 3.63) is 17.2 Å². The maximum atomic E-state index is 11.7. The maximum Gasteiger partial charge on any atom is 0.262 e. The molecular weight excluding hydrogens is 268 g/mol. The van der Waals surface area contributed by atoms with Crippen molar-refractivity contribution in [1.29, 1.82) is 0 Å². The van der Waals surface area contributed by atoms with Gasteiger partial charge in [0, 0.05) is 12.8 Å². The SMILES string of the molecule is O=C1NC(=O)c2c1cc(O)c(N1C(=O)CCC1=O)c2O. The van der Waals surface area contributed by atoms with Gasteiger partial charge in [0.1, 0.15) is 11.4 Å². The molecule has 0 spiro atoms. The van der Waals surface area contributed by atoms with Gasteiger partial charge in [-0.3, -0.25) is 24.5 Å². The lowest BCUT2D eigenvalue weighted by atomic mass is 10.1. The number of fused-ring (bicyclic) bond motifs is 1. The van der Waals surface area contributed by atoms with Crippen molar-refractivity contribution in [1.82, 2.24) is 5.32 Å². The molecule has 8 nitrogen and oxygen atoms in total. The Hall–Kier alpha value is -2.90. The standard InChI is InChI=1S/C12H8N2O6/c15-5-3-4-8(12(20)13-11(4)19)10(18)9(5)14-6(16)1-2-7(14)17/h3,15,18H,1-2H2,(H,13,19,20). The second-order valence-electron chi connectivity index (χ2n) is 4.42. The summed E-state index contributed by atoms with van der Waals surface area (Å²) in [6, 6.07) is 0.948. The number of hydrogen-bond acceptors (Lipinski definition) is 6. The van der Waals surface area contributed by atoms with E-state index >= 15 is 0 Å². The fourth-order valence-electron chi connectivity index (χ4n) is 2.33. The van der Waals surface area contributed by atoms with Crippen LogP contribution >= 0.6 is 0 Å². The van der Waals surface area contributed by atoms with E-state index in [0.717, 1.165) is 6.07 Å². The Morgan fingerprint density at radius 1 is 1.00 bits per heavy atom. The normalized spacial score (nSPS) is 17.7. The molecule has 1 aromatic carbocycles. The number of aromatic hydroxyl groups is 2. The largest absolute Gasteiger partial charge is 0.506 e. The Kier molecular flexibility index (Phi) is 2.31. The Balaban J connectivity index is 2.26. The van der Waals surface area contributed by atoms with Crippen LogP contribution in [0, 0.1) is 0 Å². The monoisotopic (exact) mass is 276 g/mol. The minimum atomic E-state index is -0.845. The highest BCUT2D eigenvalue weighted by atomic mass is 16.3. The van der Waals surface area contributed by atoms with Crippen molar-refractivity contribution >= 4 is 29.3 Å². The zero-order valence-electron chi connectivity index (χ0n) is 9.97. The minimum absolute atomic E-state index is 0.0417. The number of rotatable bonds is 1. The van der Waals surface area contributed by atoms with Crippen LogP contribution in [0.5, 0.6) is 11.5 Å². The van der Waals surface area contributed by atoms with Crippen LogP contribution in [-0.4, -0.2) is 33.8 Å². The molecule has 102 valence electrons. The quantitative estimate of drug-likeness (QED) is 0.601. The number of amides is 4. The molecule has 0 radical (unpaired) electrons. The first kappa shape index (κ1) is 12.2. The summed E-state index contributed by atoms with van der Waals surface area (Å²) in [5.74, 6) is -4.17. The second-order valence-corrected chi connectivity index (χ2v) is 4.42. The second kappa shape index (κ2) is 3.80. The lowest BCUT2D eigenvalue weighted by molar-refractivity contribution is -0.121. The summed E-state index contributed by atoms with van der Waals surface area (Å²) >= 11 is 0. The number of carbonyl (C=O) groups is 4. The molecule has 2 heterocycles. The van der Waals surface area contributed by atoms with Crippen molar-refractivity contribution in [2.75, 3.05) is 4.90 Å². The lowest BCUT2D eigenvalue weighted by Gasteiger charge is -2.18. The molecule has 3 rings (SSSR count). The van der Waals surface area contributed by atoms with Crippen molar-refractivity contribution in [3.63, 3.8) is 0 Å². The topological polar surface area (TPSA) is 124 Å². The van der Waals surface area contributed by atoms with Gasteiger partial charge in [-0.1, -0.05) is 0 Å². The van der Waals surface area contributed by atoms with Gasteiger partial charge < -0.3 is 10.2 Å². The van der Waals surface area contributed by atoms with E-state index in [9.17, 15) is 29.4 Å². The molecule has 2 aliphatic heterocycles. The van der Waals surface area contributed by atoms with Crippen LogP contribution in [0.2, 0.25) is 0 Å². The van der Waals surface area contributed by atoms with E-state index < -0.39 is 40.8 Å². The molecule has 0 unspecified atom stereocenters. The molecule has 0 aliphatic carbocycles. The minimum Gasteiger partial charge on any atom is -0.506 e. The van der Waals surface area contributed by atoms with Crippen molar-refractivity contribution in [3.8, 4) is 11.5 Å². The number of carbonyl (C=O) groups excluding carboxylic acids is 4. The van der Waals surface area contributed by atoms with E-state index in [1.165, 1.54) is 0 Å². The molecule has 0 aromatic heterocycles. The Bertz CT molecular complexity index is 692. The van der Waals surface area contributed by atoms with Gasteiger partial charge in [-0.2, -0.15) is 0 Å². The third-order valence-electron chi connectivity index (χ3n) is 3.23. The van der Waals surface area contributed by atoms with E-state index in [1.807, 2.05) is 5.32 Å². The van der Waals surface area contributed by atoms with Gasteiger partial charge in [-0.15, -0.1) is 0 Å². The lowest BCUT2D eigenvalue weighted by Crippen LogP contribution is -2.29. The summed E-state index contributed by atoms with van der Waals surface area (Å²) in [6.45, 7) is 0. The van der Waals surface area contributed by atoms with Crippen LogP contribution in [0.1, 0.15) is 33.6 Å². The zero-order chi connectivity index (χ0) is 14.6. The van der Waals surface area contributed by atoms with Crippen LogP contribution < -0.4 is 10.2 Å². The molecule has 0 saturated carbocycles. The molecule has 1 saturated heterocycles. The van der Waals surface area contributed by atoms with Crippen molar-refractivity contribution in [2.24, 2.45) is 0 Å². The highest BCUT2D eigenvalue weighted by molar-refractivity contribution is 6.26. The van der Waals surface area contributed by atoms with Gasteiger partial charge in [0.2, 0.25) is 11.8 Å². The fourth-order valence-corrected chi connectivity index (χ4v) is 2.33. The van der Waals surface area contributed by atoms with Crippen LogP contribution in [-0.2, 0) is 9.59 Å². The molecule has 1 fully saturated rings. The Morgan fingerprint density at radius 2 is 1.60 bits per heavy atom. The first-order chi connectivity index (χ1) is 9.41. The van der Waals surface area contributed by atoms with E-state index in [-0.39, 0.29) is 24.0 Å². The number of imide groups is 2. The third-order valence-corrected chi connectivity index (χ3v) is 3.23. The Morgan fingerprint density at radius 3 is 2.20 bits per heavy atom. The predicted molar refractivity (Wildman–Crippen MR) is 63.3 cm³/mol. The summed E-state index contributed by atoms with van der Waals surface area (Å²) in [7, 11) is 0. The average molecular weight is 276 g/mol. The van der Waals surface area contributed by atoms with Crippen molar-refractivity contribution in [2.45, 2.75) is 12.8 Å². The smallest absolute Gasteiger partial charge is 0.262 e. The number of nitrogens with one attached hydrogen (secondary N) is 1. The van der Waals surface area contributed by atoms with E-state index in [2.05, 4.69) is 0 Å². The van der Waals surface area contributed by atoms with Crippen molar-refractivity contribution < 1.29 is 29.4 Å². The van der Waals surface area contributed by atoms with E-state index in [4.69, 9.17) is 0 Å². The van der Waals surface area contributed by atoms with Crippen LogP contribution in [0.15, 0.2) is 6.07 Å². The molecule has 0 bridgehead atoms. The van der Waals surface area contributed by atoms with Gasteiger partial charge >= 0.3 is 0 Å². The first-order valence-corrected chi connectivity index (χ1v) is 5.72. The van der Waals surface area contributed by atoms with Gasteiger partial charge in [-0.05, 0) is 6.07 Å². The summed E-state index contributed by atoms with van der Waals surface area (Å²) in [6.07, 6.45) is -0.0835. The molecule has 0 atom stereocenters.